The Labute approximate surface area is 231 Å². The van der Waals surface area contributed by atoms with E-state index in [4.69, 9.17) is 4.74 Å². The minimum Gasteiger partial charge on any atom is -0.454 e. The molecule has 39 heavy (non-hydrogen) atoms. The van der Waals surface area contributed by atoms with Gasteiger partial charge in [-0.2, -0.15) is 0 Å². The van der Waals surface area contributed by atoms with Gasteiger partial charge in [0, 0.05) is 12.5 Å². The highest BCUT2D eigenvalue weighted by molar-refractivity contribution is 5.91. The molecule has 1 saturated carbocycles. The van der Waals surface area contributed by atoms with Gasteiger partial charge in [-0.1, -0.05) is 118 Å². The zero-order valence-corrected chi connectivity index (χ0v) is 22.7. The van der Waals surface area contributed by atoms with Crippen molar-refractivity contribution in [1.29, 1.82) is 0 Å². The maximum atomic E-state index is 13.7. The number of hydrogen-bond donors (Lipinski definition) is 2. The average molecular weight is 527 g/mol. The van der Waals surface area contributed by atoms with Gasteiger partial charge >= 0.3 is 5.97 Å². The first-order valence-corrected chi connectivity index (χ1v) is 13.8. The van der Waals surface area contributed by atoms with Crippen LogP contribution in [0.5, 0.6) is 0 Å². The summed E-state index contributed by atoms with van der Waals surface area (Å²) in [6.45, 7) is 3.98. The van der Waals surface area contributed by atoms with Crippen molar-refractivity contribution in [3.05, 3.63) is 108 Å². The van der Waals surface area contributed by atoms with Gasteiger partial charge in [-0.3, -0.25) is 9.59 Å². The lowest BCUT2D eigenvalue weighted by atomic mass is 9.78. The first kappa shape index (κ1) is 28.1. The third-order valence-electron chi connectivity index (χ3n) is 7.81. The molecule has 1 aliphatic rings. The second-order valence-corrected chi connectivity index (χ2v) is 10.6. The van der Waals surface area contributed by atoms with Crippen molar-refractivity contribution in [3.8, 4) is 0 Å². The Bertz CT molecular complexity index is 1180. The summed E-state index contributed by atoms with van der Waals surface area (Å²) in [6.07, 6.45) is 3.42. The molecule has 0 saturated heterocycles. The van der Waals surface area contributed by atoms with Crippen LogP contribution >= 0.6 is 0 Å². The van der Waals surface area contributed by atoms with E-state index in [2.05, 4.69) is 24.5 Å². The molecule has 4 atom stereocenters. The van der Waals surface area contributed by atoms with Gasteiger partial charge in [0.1, 0.15) is 6.04 Å². The van der Waals surface area contributed by atoms with E-state index in [1.807, 2.05) is 91.0 Å². The molecule has 0 aromatic heterocycles. The number of carbonyl (C=O) groups excluding carboxylic acids is 3. The van der Waals surface area contributed by atoms with Crippen LogP contribution in [-0.4, -0.2) is 36.5 Å². The van der Waals surface area contributed by atoms with Gasteiger partial charge in [-0.25, -0.2) is 4.79 Å². The van der Waals surface area contributed by atoms with E-state index >= 15 is 0 Å². The first-order valence-electron chi connectivity index (χ1n) is 13.8. The van der Waals surface area contributed by atoms with Crippen LogP contribution in [0.1, 0.15) is 55.7 Å². The van der Waals surface area contributed by atoms with Crippen molar-refractivity contribution in [2.75, 3.05) is 6.61 Å². The van der Waals surface area contributed by atoms with Crippen molar-refractivity contribution in [2.45, 2.75) is 57.5 Å². The SMILES string of the molecule is C[C@H]1[C@H](C)CCC[C@H]1NC(=O)COC(=O)[C@H](Cc1ccccc1)NC(=O)C(c1ccccc1)c1ccccc1. The number of benzene rings is 3. The van der Waals surface area contributed by atoms with E-state index in [9.17, 15) is 14.4 Å². The van der Waals surface area contributed by atoms with Crippen molar-refractivity contribution in [2.24, 2.45) is 11.8 Å². The molecule has 0 bridgehead atoms. The molecule has 6 heteroatoms. The largest absolute Gasteiger partial charge is 0.454 e. The molecule has 4 rings (SSSR count). The van der Waals surface area contributed by atoms with E-state index < -0.39 is 17.9 Å². The molecule has 0 unspecified atom stereocenters. The van der Waals surface area contributed by atoms with Crippen LogP contribution in [0.25, 0.3) is 0 Å². The van der Waals surface area contributed by atoms with Gasteiger partial charge in [-0.15, -0.1) is 0 Å². The summed E-state index contributed by atoms with van der Waals surface area (Å²) in [6, 6.07) is 27.6. The topological polar surface area (TPSA) is 84.5 Å². The molecule has 0 aliphatic heterocycles. The number of carbonyl (C=O) groups is 3. The fourth-order valence-corrected chi connectivity index (χ4v) is 5.36. The molecule has 6 nitrogen and oxygen atoms in total. The highest BCUT2D eigenvalue weighted by Crippen LogP contribution is 2.29. The lowest BCUT2D eigenvalue weighted by Gasteiger charge is -2.34. The van der Waals surface area contributed by atoms with Gasteiger partial charge in [0.25, 0.3) is 5.91 Å². The molecule has 2 amide bonds. The zero-order chi connectivity index (χ0) is 27.6. The smallest absolute Gasteiger partial charge is 0.329 e. The fourth-order valence-electron chi connectivity index (χ4n) is 5.36. The molecular weight excluding hydrogens is 488 g/mol. The van der Waals surface area contributed by atoms with Crippen LogP contribution < -0.4 is 10.6 Å². The summed E-state index contributed by atoms with van der Waals surface area (Å²) in [5.74, 6) is -0.940. The Kier molecular flexibility index (Phi) is 9.90. The van der Waals surface area contributed by atoms with Crippen LogP contribution in [0.2, 0.25) is 0 Å². The average Bonchev–Trinajstić information content (AvgIpc) is 2.96. The summed E-state index contributed by atoms with van der Waals surface area (Å²) in [5, 5.41) is 5.98. The number of hydrogen-bond acceptors (Lipinski definition) is 4. The maximum absolute atomic E-state index is 13.7. The Hall–Kier alpha value is -3.93. The Morgan fingerprint density at radius 2 is 1.38 bits per heavy atom. The standard InChI is InChI=1S/C33H38N2O4/c1-23-13-12-20-28(24(23)2)34-30(36)22-39-33(38)29(21-25-14-6-3-7-15-25)35-32(37)31(26-16-8-4-9-17-26)27-18-10-5-11-19-27/h3-11,14-19,23-24,28-29,31H,12-13,20-22H2,1-2H3,(H,34,36)(H,35,37)/t23-,24+,28-,29+/m1/s1. The van der Waals surface area contributed by atoms with Crippen LogP contribution in [0, 0.1) is 11.8 Å². The molecule has 204 valence electrons. The molecule has 0 spiro atoms. The quantitative estimate of drug-likeness (QED) is 0.363. The minimum absolute atomic E-state index is 0.0808. The number of nitrogens with one attached hydrogen (secondary N) is 2. The van der Waals surface area contributed by atoms with E-state index in [-0.39, 0.29) is 30.9 Å². The third-order valence-corrected chi connectivity index (χ3v) is 7.81. The van der Waals surface area contributed by atoms with Crippen LogP contribution in [0.15, 0.2) is 91.0 Å². The van der Waals surface area contributed by atoms with E-state index in [0.29, 0.717) is 11.8 Å². The molecule has 3 aromatic carbocycles. The number of rotatable bonds is 10. The minimum atomic E-state index is -0.948. The molecule has 0 radical (unpaired) electrons. The number of ether oxygens (including phenoxy) is 1. The second kappa shape index (κ2) is 13.7. The molecule has 1 fully saturated rings. The molecule has 3 aromatic rings. The summed E-state index contributed by atoms with van der Waals surface area (Å²) < 4.78 is 5.47. The third kappa shape index (κ3) is 7.79. The highest BCUT2D eigenvalue weighted by atomic mass is 16.5. The monoisotopic (exact) mass is 526 g/mol. The normalized spacial score (nSPS) is 19.6. The number of amides is 2. The van der Waals surface area contributed by atoms with Gasteiger partial charge in [0.05, 0.1) is 5.92 Å². The summed E-state index contributed by atoms with van der Waals surface area (Å²) in [4.78, 5) is 39.7. The fraction of sp³-hybridized carbons (Fsp3) is 0.364. The number of esters is 1. The van der Waals surface area contributed by atoms with Crippen molar-refractivity contribution in [3.63, 3.8) is 0 Å². The Balaban J connectivity index is 1.47. The predicted molar refractivity (Wildman–Crippen MR) is 152 cm³/mol. The lowest BCUT2D eigenvalue weighted by molar-refractivity contribution is -0.152. The van der Waals surface area contributed by atoms with E-state index in [0.717, 1.165) is 36.0 Å². The van der Waals surface area contributed by atoms with Gasteiger partial charge in [-0.05, 0) is 34.9 Å². The molecule has 2 N–H and O–H groups in total. The maximum Gasteiger partial charge on any atom is 0.329 e. The molecule has 0 heterocycles. The molecular formula is C33H38N2O4. The summed E-state index contributed by atoms with van der Waals surface area (Å²) in [7, 11) is 0. The van der Waals surface area contributed by atoms with Crippen molar-refractivity contribution < 1.29 is 19.1 Å². The van der Waals surface area contributed by atoms with E-state index in [1.54, 1.807) is 0 Å². The predicted octanol–water partition coefficient (Wildman–Crippen LogP) is 5.03. The Morgan fingerprint density at radius 3 is 1.97 bits per heavy atom. The lowest BCUT2D eigenvalue weighted by Crippen LogP contribution is -2.48. The first-order chi connectivity index (χ1) is 18.9. The van der Waals surface area contributed by atoms with Crippen molar-refractivity contribution >= 4 is 17.8 Å². The van der Waals surface area contributed by atoms with Gasteiger partial charge < -0.3 is 15.4 Å². The van der Waals surface area contributed by atoms with Crippen LogP contribution in [-0.2, 0) is 25.5 Å². The summed E-state index contributed by atoms with van der Waals surface area (Å²) >= 11 is 0. The van der Waals surface area contributed by atoms with Crippen LogP contribution in [0.4, 0.5) is 0 Å². The molecule has 1 aliphatic carbocycles. The van der Waals surface area contributed by atoms with Crippen LogP contribution in [0.3, 0.4) is 0 Å². The van der Waals surface area contributed by atoms with Gasteiger partial charge in [0.2, 0.25) is 5.91 Å². The Morgan fingerprint density at radius 1 is 0.821 bits per heavy atom. The second-order valence-electron chi connectivity index (χ2n) is 10.6. The highest BCUT2D eigenvalue weighted by Gasteiger charge is 2.31. The van der Waals surface area contributed by atoms with E-state index in [1.165, 1.54) is 0 Å². The van der Waals surface area contributed by atoms with Gasteiger partial charge in [0.15, 0.2) is 6.61 Å². The summed E-state index contributed by atoms with van der Waals surface area (Å²) in [5.41, 5.74) is 2.52. The zero-order valence-electron chi connectivity index (χ0n) is 22.7. The van der Waals surface area contributed by atoms with Crippen molar-refractivity contribution in [1.82, 2.24) is 10.6 Å².